The third-order valence-corrected chi connectivity index (χ3v) is 8.55. The van der Waals surface area contributed by atoms with Gasteiger partial charge in [0.1, 0.15) is 60.7 Å². The Morgan fingerprint density at radius 3 is 1.50 bits per heavy atom. The predicted molar refractivity (Wildman–Crippen MR) is 191 cm³/mol. The first-order chi connectivity index (χ1) is 25.5. The summed E-state index contributed by atoms with van der Waals surface area (Å²) < 4.78 is 27.2. The van der Waals surface area contributed by atoms with Crippen LogP contribution in [0.25, 0.3) is 45.2 Å². The molecule has 0 aliphatic carbocycles. The minimum Gasteiger partial charge on any atom is -0.487 e. The van der Waals surface area contributed by atoms with E-state index in [4.69, 9.17) is 41.5 Å². The molecule has 0 saturated heterocycles. The summed E-state index contributed by atoms with van der Waals surface area (Å²) in [5.74, 6) is 5.25. The van der Waals surface area contributed by atoms with Crippen LogP contribution >= 0.6 is 23.2 Å². The Kier molecular flexibility index (Phi) is 8.14. The number of aromatic nitrogens is 10. The van der Waals surface area contributed by atoms with Gasteiger partial charge in [-0.2, -0.15) is 0 Å². The largest absolute Gasteiger partial charge is 0.487 e. The summed E-state index contributed by atoms with van der Waals surface area (Å²) in [5.41, 5.74) is 4.66. The van der Waals surface area contributed by atoms with Crippen molar-refractivity contribution in [3.63, 3.8) is 0 Å². The van der Waals surface area contributed by atoms with Gasteiger partial charge in [0.25, 0.3) is 0 Å². The fourth-order valence-corrected chi connectivity index (χ4v) is 5.95. The van der Waals surface area contributed by atoms with Gasteiger partial charge in [-0.15, -0.1) is 10.2 Å². The first-order valence-corrected chi connectivity index (χ1v) is 16.8. The van der Waals surface area contributed by atoms with Gasteiger partial charge in [-0.1, -0.05) is 33.6 Å². The van der Waals surface area contributed by atoms with Crippen LogP contribution in [0.5, 0.6) is 11.5 Å². The summed E-state index contributed by atoms with van der Waals surface area (Å²) >= 11 is 12.2. The lowest BCUT2D eigenvalue weighted by molar-refractivity contribution is 0.292. The number of furan rings is 2. The SMILES string of the molecule is Clc1ccc2nc(-c3ccc(Cn4cc(COc5ccc(OCc6cn(Cc7ccc(-c8nc9ccc(Cl)cc9[nH]8)o7)nn6)cc5)nn4)o3)[nH]c2c1. The zero-order chi connectivity index (χ0) is 35.0. The molecule has 14 nitrogen and oxygen atoms in total. The van der Waals surface area contributed by atoms with Crippen LogP contribution in [0.3, 0.4) is 0 Å². The smallest absolute Gasteiger partial charge is 0.174 e. The Balaban J connectivity index is 0.742. The number of nitrogens with zero attached hydrogens (tertiary/aromatic N) is 8. The van der Waals surface area contributed by atoms with Crippen LogP contribution in [-0.2, 0) is 26.3 Å². The molecular formula is C36H26Cl2N10O4. The monoisotopic (exact) mass is 732 g/mol. The second kappa shape index (κ2) is 13.4. The maximum atomic E-state index is 6.09. The molecule has 0 spiro atoms. The van der Waals surface area contributed by atoms with Crippen LogP contribution in [0, 0.1) is 0 Å². The van der Waals surface area contributed by atoms with E-state index in [9.17, 15) is 0 Å². The zero-order valence-electron chi connectivity index (χ0n) is 27.0. The summed E-state index contributed by atoms with van der Waals surface area (Å²) in [6, 6.07) is 25.8. The summed E-state index contributed by atoms with van der Waals surface area (Å²) in [4.78, 5) is 15.6. The fraction of sp³-hybridized carbons (Fsp3) is 0.111. The number of rotatable bonds is 12. The lowest BCUT2D eigenvalue weighted by atomic mass is 10.3. The average Bonchev–Trinajstić information content (AvgIpc) is 4.00. The highest BCUT2D eigenvalue weighted by atomic mass is 35.5. The highest BCUT2D eigenvalue weighted by molar-refractivity contribution is 6.31. The van der Waals surface area contributed by atoms with E-state index < -0.39 is 0 Å². The number of ether oxygens (including phenoxy) is 2. The summed E-state index contributed by atoms with van der Waals surface area (Å²) in [6.07, 6.45) is 3.64. The van der Waals surface area contributed by atoms with Crippen LogP contribution in [-0.4, -0.2) is 49.9 Å². The van der Waals surface area contributed by atoms with Gasteiger partial charge in [0.15, 0.2) is 23.2 Å². The second-order valence-electron chi connectivity index (χ2n) is 11.9. The summed E-state index contributed by atoms with van der Waals surface area (Å²) in [7, 11) is 0. The Bertz CT molecular complexity index is 2470. The van der Waals surface area contributed by atoms with Crippen LogP contribution < -0.4 is 9.47 Å². The Labute approximate surface area is 303 Å². The molecule has 0 bridgehead atoms. The maximum Gasteiger partial charge on any atom is 0.174 e. The van der Waals surface area contributed by atoms with Crippen molar-refractivity contribution >= 4 is 45.3 Å². The molecule has 9 aromatic rings. The molecule has 0 fully saturated rings. The van der Waals surface area contributed by atoms with E-state index in [1.54, 1.807) is 21.5 Å². The van der Waals surface area contributed by atoms with Crippen molar-refractivity contribution in [2.75, 3.05) is 0 Å². The van der Waals surface area contributed by atoms with Gasteiger partial charge in [0.2, 0.25) is 0 Å². The van der Waals surface area contributed by atoms with Crippen LogP contribution in [0.15, 0.2) is 106 Å². The number of benzene rings is 3. The fourth-order valence-electron chi connectivity index (χ4n) is 5.61. The second-order valence-corrected chi connectivity index (χ2v) is 12.8. The number of imidazole rings is 2. The first-order valence-electron chi connectivity index (χ1n) is 16.1. The molecule has 52 heavy (non-hydrogen) atoms. The van der Waals surface area contributed by atoms with Crippen molar-refractivity contribution in [3.8, 4) is 34.7 Å². The van der Waals surface area contributed by atoms with Crippen LogP contribution in [0.1, 0.15) is 22.9 Å². The highest BCUT2D eigenvalue weighted by Crippen LogP contribution is 2.27. The Hall–Kier alpha value is -6.38. The van der Waals surface area contributed by atoms with E-state index in [0.717, 1.165) is 22.1 Å². The van der Waals surface area contributed by atoms with Gasteiger partial charge in [-0.25, -0.2) is 19.3 Å². The van der Waals surface area contributed by atoms with Gasteiger partial charge >= 0.3 is 0 Å². The van der Waals surface area contributed by atoms with Crippen LogP contribution in [0.4, 0.5) is 0 Å². The number of aromatic amines is 2. The molecule has 0 aliphatic heterocycles. The molecule has 6 aromatic heterocycles. The lowest BCUT2D eigenvalue weighted by Crippen LogP contribution is -1.99. The standard InChI is InChI=1S/C36H26Cl2N10O4/c37-21-1-9-29-31(13-21)41-35(39-29)33-11-7-27(51-33)17-47-15-23(43-45-47)19-49-25-3-5-26(6-4-25)50-20-24-16-48(46-44-24)18-28-8-12-34(52-28)36-40-30-10-2-22(38)14-32(30)42-36/h1-16H,17-20H2,(H,39,41)(H,40,42). The third-order valence-electron chi connectivity index (χ3n) is 8.08. The van der Waals surface area contributed by atoms with Gasteiger partial charge < -0.3 is 28.3 Å². The van der Waals surface area contributed by atoms with Crippen molar-refractivity contribution in [1.29, 1.82) is 0 Å². The number of nitrogens with one attached hydrogen (secondary N) is 2. The van der Waals surface area contributed by atoms with E-state index in [-0.39, 0.29) is 13.2 Å². The summed E-state index contributed by atoms with van der Waals surface area (Å²) in [6.45, 7) is 1.31. The number of H-pyrrole nitrogens is 2. The molecule has 0 aliphatic rings. The van der Waals surface area contributed by atoms with Gasteiger partial charge in [0, 0.05) is 10.0 Å². The minimum atomic E-state index is 0.249. The highest BCUT2D eigenvalue weighted by Gasteiger charge is 2.14. The topological polar surface area (TPSA) is 164 Å². The molecule has 9 rings (SSSR count). The van der Waals surface area contributed by atoms with Gasteiger partial charge in [0.05, 0.1) is 34.5 Å². The molecule has 3 aromatic carbocycles. The average molecular weight is 734 g/mol. The van der Waals surface area contributed by atoms with Crippen molar-refractivity contribution in [2.45, 2.75) is 26.3 Å². The van der Waals surface area contributed by atoms with Gasteiger partial charge in [-0.05, 0) is 84.9 Å². The number of hydrogen-bond acceptors (Lipinski definition) is 10. The molecule has 16 heteroatoms. The number of fused-ring (bicyclic) bond motifs is 2. The molecule has 0 radical (unpaired) electrons. The van der Waals surface area contributed by atoms with Crippen molar-refractivity contribution in [3.05, 3.63) is 130 Å². The summed E-state index contributed by atoms with van der Waals surface area (Å²) in [5, 5.41) is 18.1. The molecule has 2 N–H and O–H groups in total. The molecular weight excluding hydrogens is 707 g/mol. The van der Waals surface area contributed by atoms with Crippen molar-refractivity contribution in [1.82, 2.24) is 49.9 Å². The van der Waals surface area contributed by atoms with Crippen molar-refractivity contribution < 1.29 is 18.3 Å². The number of halogens is 2. The quantitative estimate of drug-likeness (QED) is 0.127. The van der Waals surface area contributed by atoms with E-state index in [1.165, 1.54) is 0 Å². The van der Waals surface area contributed by atoms with Gasteiger partial charge in [-0.3, -0.25) is 0 Å². The Morgan fingerprint density at radius 2 is 1.04 bits per heavy atom. The van der Waals surface area contributed by atoms with E-state index in [0.29, 0.717) is 80.7 Å². The van der Waals surface area contributed by atoms with E-state index in [2.05, 4.69) is 40.6 Å². The molecule has 258 valence electrons. The van der Waals surface area contributed by atoms with E-state index in [1.807, 2.05) is 85.2 Å². The number of hydrogen-bond donors (Lipinski definition) is 2. The molecule has 6 heterocycles. The molecule has 0 atom stereocenters. The lowest BCUT2D eigenvalue weighted by Gasteiger charge is -2.06. The molecule has 0 saturated carbocycles. The predicted octanol–water partition coefficient (Wildman–Crippen LogP) is 7.70. The Morgan fingerprint density at radius 1 is 0.577 bits per heavy atom. The zero-order valence-corrected chi connectivity index (χ0v) is 28.5. The first kappa shape index (κ1) is 31.6. The van der Waals surface area contributed by atoms with E-state index >= 15 is 0 Å². The molecule has 0 amide bonds. The molecule has 0 unspecified atom stereocenters. The third kappa shape index (κ3) is 6.84. The minimum absolute atomic E-state index is 0.249. The normalized spacial score (nSPS) is 11.6. The maximum absolute atomic E-state index is 6.09. The van der Waals surface area contributed by atoms with Crippen molar-refractivity contribution in [2.24, 2.45) is 0 Å². The van der Waals surface area contributed by atoms with Crippen LogP contribution in [0.2, 0.25) is 10.0 Å².